The summed E-state index contributed by atoms with van der Waals surface area (Å²) in [6.45, 7) is 6.53. The number of hydrogen-bond donors (Lipinski definition) is 0. The second-order valence-electron chi connectivity index (χ2n) is 11.1. The molecule has 45 heavy (non-hydrogen) atoms. The molecule has 2 aromatic heterocycles. The standard InChI is InChI=1S/C37H30ClN3O3S/c1-4-44-36(43)33-22(2)39-37-41(34(33)28-17-7-9-18-30(28)38)35(42)32(45-37)20-29-23(3)40(31-19-10-8-16-27(29)31)21-25-14-11-13-24-12-5-6-15-26(24)25/h5-20,34H,4,21H2,1-3H3/b32-20-/t34-/m0/s1. The first-order chi connectivity index (χ1) is 21.9. The molecule has 0 unspecified atom stereocenters. The van der Waals surface area contributed by atoms with Crippen LogP contribution in [0.1, 0.15) is 42.3 Å². The fraction of sp³-hybridized carbons (Fsp3) is 0.162. The SMILES string of the molecule is CCOC(=O)C1=C(C)N=c2s/c(=C\c3c(C)n(Cc4cccc5ccccc45)c4ccccc34)c(=O)n2[C@H]1c1ccccc1Cl. The monoisotopic (exact) mass is 631 g/mol. The van der Waals surface area contributed by atoms with E-state index in [1.807, 2.05) is 36.4 Å². The Bertz CT molecular complexity index is 2360. The molecule has 0 amide bonds. The maximum absolute atomic E-state index is 14.3. The largest absolute Gasteiger partial charge is 0.463 e. The molecule has 0 spiro atoms. The number of esters is 1. The van der Waals surface area contributed by atoms with Gasteiger partial charge in [0.1, 0.15) is 6.04 Å². The first-order valence-electron chi connectivity index (χ1n) is 14.9. The zero-order valence-electron chi connectivity index (χ0n) is 25.1. The highest BCUT2D eigenvalue weighted by atomic mass is 35.5. The van der Waals surface area contributed by atoms with Gasteiger partial charge < -0.3 is 9.30 Å². The summed E-state index contributed by atoms with van der Waals surface area (Å²) in [5, 5.41) is 3.95. The van der Waals surface area contributed by atoms with Crippen molar-refractivity contribution in [2.45, 2.75) is 33.4 Å². The third-order valence-corrected chi connectivity index (χ3v) is 9.81. The molecule has 4 aromatic carbocycles. The minimum atomic E-state index is -0.759. The van der Waals surface area contributed by atoms with E-state index in [4.69, 9.17) is 21.3 Å². The van der Waals surface area contributed by atoms with Gasteiger partial charge in [0.25, 0.3) is 5.56 Å². The highest BCUT2D eigenvalue weighted by Crippen LogP contribution is 2.35. The van der Waals surface area contributed by atoms with Gasteiger partial charge in [0.2, 0.25) is 0 Å². The van der Waals surface area contributed by atoms with E-state index in [1.165, 1.54) is 27.7 Å². The van der Waals surface area contributed by atoms with Gasteiger partial charge in [-0.15, -0.1) is 0 Å². The Labute approximate surface area is 268 Å². The molecule has 1 atom stereocenters. The third-order valence-electron chi connectivity index (χ3n) is 8.48. The van der Waals surface area contributed by atoms with Crippen LogP contribution in [0.15, 0.2) is 112 Å². The summed E-state index contributed by atoms with van der Waals surface area (Å²) in [5.74, 6) is -0.509. The number of para-hydroxylation sites is 1. The summed E-state index contributed by atoms with van der Waals surface area (Å²) in [7, 11) is 0. The maximum atomic E-state index is 14.3. The number of allylic oxidation sites excluding steroid dienone is 1. The van der Waals surface area contributed by atoms with Crippen molar-refractivity contribution >= 4 is 56.7 Å². The number of hydrogen-bond acceptors (Lipinski definition) is 5. The van der Waals surface area contributed by atoms with Gasteiger partial charge in [-0.1, -0.05) is 102 Å². The van der Waals surface area contributed by atoms with Crippen LogP contribution < -0.4 is 14.9 Å². The lowest BCUT2D eigenvalue weighted by atomic mass is 9.96. The molecule has 0 N–H and O–H groups in total. The summed E-state index contributed by atoms with van der Waals surface area (Å²) in [5.41, 5.74) is 5.59. The predicted octanol–water partition coefficient (Wildman–Crippen LogP) is 6.92. The van der Waals surface area contributed by atoms with Crippen molar-refractivity contribution < 1.29 is 9.53 Å². The van der Waals surface area contributed by atoms with Gasteiger partial charge >= 0.3 is 5.97 Å². The average Bonchev–Trinajstić information content (AvgIpc) is 3.49. The van der Waals surface area contributed by atoms with Crippen molar-refractivity contribution in [3.63, 3.8) is 0 Å². The van der Waals surface area contributed by atoms with E-state index in [-0.39, 0.29) is 12.2 Å². The number of carbonyl (C=O) groups excluding carboxylic acids is 1. The number of rotatable bonds is 6. The van der Waals surface area contributed by atoms with Crippen LogP contribution in [0.2, 0.25) is 5.02 Å². The van der Waals surface area contributed by atoms with Crippen LogP contribution in [0.5, 0.6) is 0 Å². The molecule has 3 heterocycles. The number of halogens is 1. The molecule has 0 aliphatic carbocycles. The van der Waals surface area contributed by atoms with Crippen LogP contribution in [0.4, 0.5) is 0 Å². The smallest absolute Gasteiger partial charge is 0.338 e. The normalized spacial score (nSPS) is 15.0. The lowest BCUT2D eigenvalue weighted by Gasteiger charge is -2.25. The number of nitrogens with zero attached hydrogens (tertiary/aromatic N) is 3. The second-order valence-corrected chi connectivity index (χ2v) is 12.5. The predicted molar refractivity (Wildman–Crippen MR) is 182 cm³/mol. The Kier molecular flexibility index (Phi) is 7.51. The average molecular weight is 632 g/mol. The number of thiazole rings is 1. The van der Waals surface area contributed by atoms with Crippen LogP contribution in [0, 0.1) is 6.92 Å². The van der Waals surface area contributed by atoms with Crippen molar-refractivity contribution in [3.8, 4) is 0 Å². The van der Waals surface area contributed by atoms with E-state index >= 15 is 0 Å². The van der Waals surface area contributed by atoms with Crippen LogP contribution in [-0.2, 0) is 16.1 Å². The molecule has 224 valence electrons. The Balaban J connectivity index is 1.42. The number of fused-ring (bicyclic) bond motifs is 3. The van der Waals surface area contributed by atoms with E-state index in [2.05, 4.69) is 66.1 Å². The summed E-state index contributed by atoms with van der Waals surface area (Å²) in [6, 6.07) is 29.6. The van der Waals surface area contributed by atoms with E-state index in [0.29, 0.717) is 37.7 Å². The highest BCUT2D eigenvalue weighted by Gasteiger charge is 2.34. The van der Waals surface area contributed by atoms with Crippen LogP contribution >= 0.6 is 22.9 Å². The van der Waals surface area contributed by atoms with Crippen LogP contribution in [0.3, 0.4) is 0 Å². The van der Waals surface area contributed by atoms with Crippen molar-refractivity contribution in [1.82, 2.24) is 9.13 Å². The molecule has 0 radical (unpaired) electrons. The molecule has 7 rings (SSSR count). The first kappa shape index (κ1) is 29.0. The van der Waals surface area contributed by atoms with E-state index in [1.54, 1.807) is 24.5 Å². The molecule has 0 saturated heterocycles. The van der Waals surface area contributed by atoms with E-state index < -0.39 is 12.0 Å². The quantitative estimate of drug-likeness (QED) is 0.188. The zero-order chi connectivity index (χ0) is 31.2. The lowest BCUT2D eigenvalue weighted by Crippen LogP contribution is -2.40. The Morgan fingerprint density at radius 3 is 2.47 bits per heavy atom. The molecular formula is C37H30ClN3O3S. The summed E-state index contributed by atoms with van der Waals surface area (Å²) in [6.07, 6.45) is 1.97. The second kappa shape index (κ2) is 11.7. The number of aromatic nitrogens is 2. The minimum Gasteiger partial charge on any atom is -0.463 e. The third kappa shape index (κ3) is 4.93. The van der Waals surface area contributed by atoms with Gasteiger partial charge in [-0.25, -0.2) is 9.79 Å². The van der Waals surface area contributed by atoms with E-state index in [9.17, 15) is 9.59 Å². The Morgan fingerprint density at radius 1 is 0.956 bits per heavy atom. The van der Waals surface area contributed by atoms with Crippen molar-refractivity contribution in [1.29, 1.82) is 0 Å². The number of benzene rings is 4. The van der Waals surface area contributed by atoms with Crippen molar-refractivity contribution in [3.05, 3.63) is 149 Å². The molecule has 0 fully saturated rings. The van der Waals surface area contributed by atoms with Gasteiger partial charge in [0, 0.05) is 33.7 Å². The molecule has 0 saturated carbocycles. The highest BCUT2D eigenvalue weighted by molar-refractivity contribution is 7.07. The molecule has 8 heteroatoms. The molecular weight excluding hydrogens is 602 g/mol. The van der Waals surface area contributed by atoms with Gasteiger partial charge in [0.05, 0.1) is 22.4 Å². The lowest BCUT2D eigenvalue weighted by molar-refractivity contribution is -0.139. The summed E-state index contributed by atoms with van der Waals surface area (Å²) < 4.78 is 9.85. The fourth-order valence-corrected chi connectivity index (χ4v) is 7.63. The minimum absolute atomic E-state index is 0.206. The van der Waals surface area contributed by atoms with Crippen LogP contribution in [0.25, 0.3) is 27.8 Å². The Hall–Kier alpha value is -4.72. The van der Waals surface area contributed by atoms with E-state index in [0.717, 1.165) is 22.2 Å². The van der Waals surface area contributed by atoms with Crippen molar-refractivity contribution in [2.75, 3.05) is 6.61 Å². The summed E-state index contributed by atoms with van der Waals surface area (Å²) in [4.78, 5) is 32.8. The van der Waals surface area contributed by atoms with Gasteiger partial charge in [-0.2, -0.15) is 0 Å². The molecule has 1 aliphatic rings. The van der Waals surface area contributed by atoms with Gasteiger partial charge in [-0.05, 0) is 60.9 Å². The molecule has 1 aliphatic heterocycles. The van der Waals surface area contributed by atoms with Crippen LogP contribution in [-0.4, -0.2) is 21.7 Å². The van der Waals surface area contributed by atoms with Crippen molar-refractivity contribution in [2.24, 2.45) is 4.99 Å². The maximum Gasteiger partial charge on any atom is 0.338 e. The first-order valence-corrected chi connectivity index (χ1v) is 16.1. The Morgan fingerprint density at radius 2 is 1.67 bits per heavy atom. The number of ether oxygens (including phenoxy) is 1. The summed E-state index contributed by atoms with van der Waals surface area (Å²) >= 11 is 7.99. The van der Waals surface area contributed by atoms with Gasteiger partial charge in [0.15, 0.2) is 4.80 Å². The molecule has 6 nitrogen and oxygen atoms in total. The number of carbonyl (C=O) groups is 1. The molecule has 6 aromatic rings. The topological polar surface area (TPSA) is 65.6 Å². The molecule has 0 bridgehead atoms. The fourth-order valence-electron chi connectivity index (χ4n) is 6.36. The zero-order valence-corrected chi connectivity index (χ0v) is 26.7. The van der Waals surface area contributed by atoms with Gasteiger partial charge in [-0.3, -0.25) is 9.36 Å².